The Morgan fingerprint density at radius 2 is 1.86 bits per heavy atom. The van der Waals surface area contributed by atoms with E-state index in [0.29, 0.717) is 23.7 Å². The molecule has 0 spiro atoms. The van der Waals surface area contributed by atoms with Crippen LogP contribution in [0.2, 0.25) is 0 Å². The fraction of sp³-hybridized carbons (Fsp3) is 0.429. The maximum atomic E-state index is 10.4. The highest BCUT2D eigenvalue weighted by Crippen LogP contribution is 2.22. The van der Waals surface area contributed by atoms with Crippen LogP contribution in [0.3, 0.4) is 0 Å². The van der Waals surface area contributed by atoms with Gasteiger partial charge in [0, 0.05) is 6.54 Å². The third-order valence-electron chi connectivity index (χ3n) is 5.16. The van der Waals surface area contributed by atoms with Crippen molar-refractivity contribution in [3.63, 3.8) is 0 Å². The molecule has 8 heteroatoms. The summed E-state index contributed by atoms with van der Waals surface area (Å²) in [6, 6.07) is 15.6. The summed E-state index contributed by atoms with van der Waals surface area (Å²) < 4.78 is 11.6. The standard InChI is InChI=1S/C21H26N4O3.ClH/c26-17(15-28-20-8-4-7-19-21(20)23-24-22-19)13-25-11-9-16(10-12-25)14-27-18-5-2-1-3-6-18;/h1-8,16-17,26H,9-15H2,(H,22,23,24);1H. The number of piperidine rings is 1. The van der Waals surface area contributed by atoms with Crippen molar-refractivity contribution in [1.29, 1.82) is 0 Å². The predicted molar refractivity (Wildman–Crippen MR) is 114 cm³/mol. The highest BCUT2D eigenvalue weighted by molar-refractivity contribution is 5.85. The van der Waals surface area contributed by atoms with Gasteiger partial charge in [-0.2, -0.15) is 0 Å². The van der Waals surface area contributed by atoms with Crippen LogP contribution in [0.5, 0.6) is 11.5 Å². The zero-order valence-corrected chi connectivity index (χ0v) is 17.1. The van der Waals surface area contributed by atoms with Crippen LogP contribution in [0.15, 0.2) is 48.5 Å². The van der Waals surface area contributed by atoms with E-state index in [0.717, 1.165) is 43.8 Å². The number of β-amino-alcohol motifs (C(OH)–C–C–N with tert-alkyl or cyclic N) is 1. The van der Waals surface area contributed by atoms with Gasteiger partial charge in [0.25, 0.3) is 0 Å². The van der Waals surface area contributed by atoms with Crippen molar-refractivity contribution in [1.82, 2.24) is 20.3 Å². The molecule has 1 saturated heterocycles. The molecule has 2 heterocycles. The summed E-state index contributed by atoms with van der Waals surface area (Å²) in [6.07, 6.45) is 1.62. The van der Waals surface area contributed by atoms with E-state index in [1.54, 1.807) is 0 Å². The fourth-order valence-electron chi connectivity index (χ4n) is 3.56. The van der Waals surface area contributed by atoms with Gasteiger partial charge in [0.1, 0.15) is 24.2 Å². The van der Waals surface area contributed by atoms with Crippen LogP contribution in [0, 0.1) is 5.92 Å². The lowest BCUT2D eigenvalue weighted by molar-refractivity contribution is 0.0506. The van der Waals surface area contributed by atoms with E-state index in [4.69, 9.17) is 9.47 Å². The first kappa shape index (κ1) is 21.4. The van der Waals surface area contributed by atoms with Gasteiger partial charge in [0.15, 0.2) is 5.52 Å². The molecule has 2 N–H and O–H groups in total. The van der Waals surface area contributed by atoms with Crippen molar-refractivity contribution >= 4 is 23.4 Å². The van der Waals surface area contributed by atoms with Crippen LogP contribution in [0.25, 0.3) is 11.0 Å². The van der Waals surface area contributed by atoms with Gasteiger partial charge in [-0.25, -0.2) is 0 Å². The molecule has 1 atom stereocenters. The Bertz CT molecular complexity index is 869. The Morgan fingerprint density at radius 3 is 2.66 bits per heavy atom. The number of aliphatic hydroxyl groups excluding tert-OH is 1. The van der Waals surface area contributed by atoms with Gasteiger partial charge in [-0.1, -0.05) is 29.5 Å². The Hall–Kier alpha value is -2.35. The minimum atomic E-state index is -0.542. The summed E-state index contributed by atoms with van der Waals surface area (Å²) >= 11 is 0. The number of rotatable bonds is 8. The SMILES string of the molecule is Cl.OC(COc1cccc2[nH]nnc12)CN1CCC(COc2ccccc2)CC1. The number of fused-ring (bicyclic) bond motifs is 1. The summed E-state index contributed by atoms with van der Waals surface area (Å²) in [7, 11) is 0. The van der Waals surface area contributed by atoms with E-state index < -0.39 is 6.10 Å². The molecule has 1 aliphatic rings. The quantitative estimate of drug-likeness (QED) is 0.585. The van der Waals surface area contributed by atoms with Gasteiger partial charge in [-0.05, 0) is 56.1 Å². The Kier molecular flexibility index (Phi) is 7.69. The Morgan fingerprint density at radius 1 is 1.07 bits per heavy atom. The normalized spacial score (nSPS) is 16.3. The minimum Gasteiger partial charge on any atom is -0.493 e. The number of aromatic amines is 1. The number of benzene rings is 2. The number of H-pyrrole nitrogens is 1. The Balaban J connectivity index is 0.00000240. The molecule has 1 unspecified atom stereocenters. The lowest BCUT2D eigenvalue weighted by Gasteiger charge is -2.33. The van der Waals surface area contributed by atoms with E-state index in [9.17, 15) is 5.11 Å². The molecule has 156 valence electrons. The minimum absolute atomic E-state index is 0. The number of halogens is 1. The number of para-hydroxylation sites is 1. The highest BCUT2D eigenvalue weighted by atomic mass is 35.5. The highest BCUT2D eigenvalue weighted by Gasteiger charge is 2.22. The van der Waals surface area contributed by atoms with E-state index in [2.05, 4.69) is 20.3 Å². The molecule has 1 aliphatic heterocycles. The third kappa shape index (κ3) is 5.82. The first-order valence-corrected chi connectivity index (χ1v) is 9.79. The zero-order chi connectivity index (χ0) is 19.2. The molecule has 0 radical (unpaired) electrons. The van der Waals surface area contributed by atoms with E-state index in [1.165, 1.54) is 0 Å². The molecular weight excluding hydrogens is 392 g/mol. The molecule has 4 rings (SSSR count). The van der Waals surface area contributed by atoms with Crippen molar-refractivity contribution in [3.8, 4) is 11.5 Å². The van der Waals surface area contributed by atoms with Crippen LogP contribution >= 0.6 is 12.4 Å². The number of aliphatic hydroxyl groups is 1. The third-order valence-corrected chi connectivity index (χ3v) is 5.16. The number of aromatic nitrogens is 3. The molecule has 3 aromatic rings. The van der Waals surface area contributed by atoms with Crippen LogP contribution in [0.4, 0.5) is 0 Å². The Labute approximate surface area is 176 Å². The lowest BCUT2D eigenvalue weighted by atomic mass is 9.97. The van der Waals surface area contributed by atoms with Crippen molar-refractivity contribution in [3.05, 3.63) is 48.5 Å². The van der Waals surface area contributed by atoms with Crippen molar-refractivity contribution < 1.29 is 14.6 Å². The van der Waals surface area contributed by atoms with E-state index >= 15 is 0 Å². The average molecular weight is 419 g/mol. The second-order valence-corrected chi connectivity index (χ2v) is 7.30. The summed E-state index contributed by atoms with van der Waals surface area (Å²) in [6.45, 7) is 3.55. The maximum absolute atomic E-state index is 10.4. The summed E-state index contributed by atoms with van der Waals surface area (Å²) in [4.78, 5) is 2.30. The van der Waals surface area contributed by atoms with Crippen molar-refractivity contribution in [2.24, 2.45) is 5.92 Å². The van der Waals surface area contributed by atoms with Gasteiger partial charge in [-0.15, -0.1) is 17.5 Å². The number of nitrogens with one attached hydrogen (secondary N) is 1. The number of likely N-dealkylation sites (tertiary alicyclic amines) is 1. The van der Waals surface area contributed by atoms with Gasteiger partial charge in [-0.3, -0.25) is 5.10 Å². The number of ether oxygens (including phenoxy) is 2. The van der Waals surface area contributed by atoms with Gasteiger partial charge < -0.3 is 19.5 Å². The van der Waals surface area contributed by atoms with Gasteiger partial charge in [0.2, 0.25) is 0 Å². The molecule has 0 aliphatic carbocycles. The summed E-state index contributed by atoms with van der Waals surface area (Å²) in [5.41, 5.74) is 1.51. The first-order chi connectivity index (χ1) is 13.8. The van der Waals surface area contributed by atoms with Gasteiger partial charge >= 0.3 is 0 Å². The maximum Gasteiger partial charge on any atom is 0.154 e. The number of hydrogen-bond acceptors (Lipinski definition) is 6. The number of hydrogen-bond donors (Lipinski definition) is 2. The molecule has 1 fully saturated rings. The molecule has 0 bridgehead atoms. The van der Waals surface area contributed by atoms with Crippen LogP contribution in [-0.2, 0) is 0 Å². The first-order valence-electron chi connectivity index (χ1n) is 9.79. The summed E-state index contributed by atoms with van der Waals surface area (Å²) in [5, 5.41) is 21.0. The molecule has 0 amide bonds. The zero-order valence-electron chi connectivity index (χ0n) is 16.2. The number of nitrogens with zero attached hydrogens (tertiary/aromatic N) is 3. The van der Waals surface area contributed by atoms with Crippen molar-refractivity contribution in [2.75, 3.05) is 32.8 Å². The van der Waals surface area contributed by atoms with Crippen LogP contribution in [-0.4, -0.2) is 64.4 Å². The lowest BCUT2D eigenvalue weighted by Crippen LogP contribution is -2.41. The topological polar surface area (TPSA) is 83.5 Å². The molecule has 0 saturated carbocycles. The molecule has 29 heavy (non-hydrogen) atoms. The monoisotopic (exact) mass is 418 g/mol. The smallest absolute Gasteiger partial charge is 0.154 e. The van der Waals surface area contributed by atoms with E-state index in [1.807, 2.05) is 48.5 Å². The van der Waals surface area contributed by atoms with Gasteiger partial charge in [0.05, 0.1) is 12.1 Å². The second-order valence-electron chi connectivity index (χ2n) is 7.30. The largest absolute Gasteiger partial charge is 0.493 e. The van der Waals surface area contributed by atoms with Crippen molar-refractivity contribution in [2.45, 2.75) is 18.9 Å². The molecule has 2 aromatic carbocycles. The average Bonchev–Trinajstić information content (AvgIpc) is 3.22. The fourth-order valence-corrected chi connectivity index (χ4v) is 3.56. The molecular formula is C21H27ClN4O3. The van der Waals surface area contributed by atoms with E-state index in [-0.39, 0.29) is 19.0 Å². The van der Waals surface area contributed by atoms with Crippen LogP contribution in [0.1, 0.15) is 12.8 Å². The summed E-state index contributed by atoms with van der Waals surface area (Å²) in [5.74, 6) is 2.14. The second kappa shape index (κ2) is 10.4. The molecule has 7 nitrogen and oxygen atoms in total. The van der Waals surface area contributed by atoms with Crippen LogP contribution < -0.4 is 9.47 Å². The predicted octanol–water partition coefficient (Wildman–Crippen LogP) is 2.91. The molecule has 1 aromatic heterocycles.